The van der Waals surface area contributed by atoms with Crippen LogP contribution in [0.15, 0.2) is 115 Å². The number of nitrogens with zero attached hydrogens (tertiary/aromatic N) is 3. The summed E-state index contributed by atoms with van der Waals surface area (Å²) < 4.78 is 4.80. The highest BCUT2D eigenvalue weighted by molar-refractivity contribution is 6.26. The van der Waals surface area contributed by atoms with Crippen molar-refractivity contribution >= 4 is 66.1 Å². The third-order valence-corrected chi connectivity index (χ3v) is 8.46. The maximum atomic E-state index is 2.50. The highest BCUT2D eigenvalue weighted by Gasteiger charge is 2.25. The molecule has 0 spiro atoms. The quantitative estimate of drug-likeness (QED) is 0.133. The van der Waals surface area contributed by atoms with E-state index in [1.807, 2.05) is 0 Å². The topological polar surface area (TPSA) is 11.5 Å². The smallest absolute Gasteiger partial charge is 0.224 e. The lowest BCUT2D eigenvalue weighted by Crippen LogP contribution is -2.29. The van der Waals surface area contributed by atoms with E-state index < -0.39 is 0 Å². The van der Waals surface area contributed by atoms with Gasteiger partial charge in [-0.3, -0.25) is 0 Å². The minimum absolute atomic E-state index is 1.15. The molecule has 0 amide bonds. The van der Waals surface area contributed by atoms with Gasteiger partial charge in [-0.1, -0.05) is 48.5 Å². The van der Waals surface area contributed by atoms with Gasteiger partial charge in [0.05, 0.1) is 27.3 Å². The summed E-state index contributed by atoms with van der Waals surface area (Å²) >= 11 is 0. The first-order valence-corrected chi connectivity index (χ1v) is 13.5. The largest absolute Gasteiger partial charge is 0.310 e. The zero-order valence-corrected chi connectivity index (χ0v) is 22.3. The Bertz CT molecular complexity index is 2150. The van der Waals surface area contributed by atoms with Crippen LogP contribution in [-0.4, -0.2) is 4.40 Å². The fourth-order valence-electron chi connectivity index (χ4n) is 6.56. The molecule has 0 N–H and O–H groups in total. The van der Waals surface area contributed by atoms with Crippen molar-refractivity contribution in [2.24, 2.45) is 7.05 Å². The Morgan fingerprint density at radius 2 is 1.33 bits per heavy atom. The van der Waals surface area contributed by atoms with Gasteiger partial charge in [0.15, 0.2) is 6.20 Å². The number of benzene rings is 5. The van der Waals surface area contributed by atoms with E-state index in [-0.39, 0.29) is 0 Å². The monoisotopic (exact) mass is 502 g/mol. The van der Waals surface area contributed by atoms with Gasteiger partial charge in [-0.05, 0) is 85.0 Å². The maximum Gasteiger partial charge on any atom is 0.224 e. The van der Waals surface area contributed by atoms with E-state index in [4.69, 9.17) is 0 Å². The van der Waals surface area contributed by atoms with Crippen LogP contribution in [0.3, 0.4) is 0 Å². The second kappa shape index (κ2) is 8.05. The molecule has 8 aromatic rings. The molecule has 8 rings (SSSR count). The number of hydrogen-bond acceptors (Lipinski definition) is 1. The Labute approximate surface area is 227 Å². The molecule has 0 saturated heterocycles. The first-order chi connectivity index (χ1) is 19.1. The van der Waals surface area contributed by atoms with Gasteiger partial charge in [0.25, 0.3) is 0 Å². The van der Waals surface area contributed by atoms with Crippen LogP contribution in [0.4, 0.5) is 17.1 Å². The summed E-state index contributed by atoms with van der Waals surface area (Å²) in [6, 6.07) is 39.6. The van der Waals surface area contributed by atoms with Gasteiger partial charge in [0.1, 0.15) is 7.05 Å². The molecule has 3 nitrogen and oxygen atoms in total. The minimum Gasteiger partial charge on any atom is -0.310 e. The van der Waals surface area contributed by atoms with Crippen LogP contribution in [0.2, 0.25) is 0 Å². The van der Waals surface area contributed by atoms with Crippen molar-refractivity contribution in [2.45, 2.75) is 13.8 Å². The van der Waals surface area contributed by atoms with E-state index in [2.05, 4.69) is 150 Å². The van der Waals surface area contributed by atoms with Gasteiger partial charge in [0.2, 0.25) is 5.52 Å². The molecule has 0 aliphatic carbocycles. The van der Waals surface area contributed by atoms with Crippen molar-refractivity contribution in [3.8, 4) is 0 Å². The minimum atomic E-state index is 1.15. The number of rotatable bonds is 3. The molecule has 0 bridgehead atoms. The SMILES string of the molecule is Cc1cc2c3cc(N(c4ccccc4)c4ccccc4)ccc3n3c4cccc5cc[n+](C)c(c(c1C)c23)c54. The summed E-state index contributed by atoms with van der Waals surface area (Å²) in [6.07, 6.45) is 2.20. The number of pyridine rings is 2. The van der Waals surface area contributed by atoms with Crippen molar-refractivity contribution in [3.63, 3.8) is 0 Å². The number of aromatic nitrogens is 2. The van der Waals surface area contributed by atoms with Gasteiger partial charge in [-0.2, -0.15) is 0 Å². The Morgan fingerprint density at radius 3 is 2.05 bits per heavy atom. The van der Waals surface area contributed by atoms with Crippen molar-refractivity contribution in [3.05, 3.63) is 127 Å². The van der Waals surface area contributed by atoms with E-state index in [0.717, 1.165) is 17.1 Å². The predicted octanol–water partition coefficient (Wildman–Crippen LogP) is 8.90. The number of hydrogen-bond donors (Lipinski definition) is 0. The average Bonchev–Trinajstić information content (AvgIpc) is 3.29. The second-order valence-corrected chi connectivity index (χ2v) is 10.6. The summed E-state index contributed by atoms with van der Waals surface area (Å²) in [7, 11) is 2.17. The predicted molar refractivity (Wildman–Crippen MR) is 164 cm³/mol. The molecule has 39 heavy (non-hydrogen) atoms. The molecule has 0 fully saturated rings. The third-order valence-electron chi connectivity index (χ3n) is 8.46. The van der Waals surface area contributed by atoms with Gasteiger partial charge >= 0.3 is 0 Å². The number of anilines is 3. The lowest BCUT2D eigenvalue weighted by Gasteiger charge is -2.25. The van der Waals surface area contributed by atoms with Crippen LogP contribution < -0.4 is 9.47 Å². The Hall–Kier alpha value is -4.89. The lowest BCUT2D eigenvalue weighted by molar-refractivity contribution is -0.643. The second-order valence-electron chi connectivity index (χ2n) is 10.6. The molecule has 3 heteroatoms. The lowest BCUT2D eigenvalue weighted by atomic mass is 9.96. The van der Waals surface area contributed by atoms with Crippen molar-refractivity contribution in [1.82, 2.24) is 4.40 Å². The van der Waals surface area contributed by atoms with Crippen LogP contribution in [0.25, 0.3) is 49.0 Å². The zero-order chi connectivity index (χ0) is 26.2. The molecule has 0 saturated carbocycles. The number of para-hydroxylation sites is 2. The molecular formula is C36H28N3+. The van der Waals surface area contributed by atoms with E-state index >= 15 is 0 Å². The van der Waals surface area contributed by atoms with Crippen LogP contribution in [0.5, 0.6) is 0 Å². The van der Waals surface area contributed by atoms with E-state index in [1.165, 1.54) is 60.1 Å². The average molecular weight is 503 g/mol. The normalized spacial score (nSPS) is 12.0. The summed E-state index contributed by atoms with van der Waals surface area (Å²) in [4.78, 5) is 2.35. The highest BCUT2D eigenvalue weighted by atomic mass is 15.1. The summed E-state index contributed by atoms with van der Waals surface area (Å²) in [5.74, 6) is 0. The van der Waals surface area contributed by atoms with Crippen molar-refractivity contribution in [2.75, 3.05) is 4.90 Å². The summed E-state index contributed by atoms with van der Waals surface area (Å²) in [5.41, 5.74) is 11.2. The van der Waals surface area contributed by atoms with Crippen LogP contribution in [0, 0.1) is 13.8 Å². The fourth-order valence-corrected chi connectivity index (χ4v) is 6.56. The van der Waals surface area contributed by atoms with E-state index in [9.17, 15) is 0 Å². The van der Waals surface area contributed by atoms with Gasteiger partial charge in [-0.15, -0.1) is 0 Å². The number of aryl methyl sites for hydroxylation is 3. The Balaban J connectivity index is 1.55. The molecule has 5 aromatic carbocycles. The highest BCUT2D eigenvalue weighted by Crippen LogP contribution is 2.44. The molecule has 3 heterocycles. The Morgan fingerprint density at radius 1 is 0.615 bits per heavy atom. The van der Waals surface area contributed by atoms with E-state index in [1.54, 1.807) is 0 Å². The molecule has 3 aromatic heterocycles. The van der Waals surface area contributed by atoms with Gasteiger partial charge in [-0.25, -0.2) is 4.57 Å². The summed E-state index contributed by atoms with van der Waals surface area (Å²) in [5, 5.41) is 6.52. The first kappa shape index (κ1) is 22.1. The van der Waals surface area contributed by atoms with Crippen molar-refractivity contribution in [1.29, 1.82) is 0 Å². The summed E-state index contributed by atoms with van der Waals surface area (Å²) in [6.45, 7) is 4.52. The van der Waals surface area contributed by atoms with Crippen LogP contribution >= 0.6 is 0 Å². The van der Waals surface area contributed by atoms with Crippen LogP contribution in [-0.2, 0) is 7.05 Å². The Kier molecular flexibility index (Phi) is 4.57. The zero-order valence-electron chi connectivity index (χ0n) is 22.3. The first-order valence-electron chi connectivity index (χ1n) is 13.5. The van der Waals surface area contributed by atoms with E-state index in [0.29, 0.717) is 0 Å². The molecule has 0 radical (unpaired) electrons. The third kappa shape index (κ3) is 3.01. The van der Waals surface area contributed by atoms with Gasteiger partial charge < -0.3 is 9.30 Å². The molecule has 0 aliphatic rings. The molecule has 186 valence electrons. The molecule has 0 atom stereocenters. The standard InChI is InChI=1S/C36H28N3/c1-23-21-30-29-22-28(38(26-12-6-4-7-13-26)27-14-8-5-9-15-27)17-18-31(29)39-32-16-10-11-25-19-20-37(3)36(34(25)32)33(24(23)2)35(30)39/h4-22H,1-3H3/q+1. The van der Waals surface area contributed by atoms with Crippen molar-refractivity contribution < 1.29 is 4.57 Å². The fraction of sp³-hybridized carbons (Fsp3) is 0.0833. The van der Waals surface area contributed by atoms with Gasteiger partial charge in [0, 0.05) is 33.9 Å². The molecule has 0 unspecified atom stereocenters. The molecule has 0 aliphatic heterocycles. The number of fused-ring (bicyclic) bond motifs is 5. The van der Waals surface area contributed by atoms with Crippen LogP contribution in [0.1, 0.15) is 11.1 Å². The maximum absolute atomic E-state index is 2.50. The molecular weight excluding hydrogens is 474 g/mol.